The van der Waals surface area contributed by atoms with Crippen LogP contribution in [-0.4, -0.2) is 33.6 Å². The zero-order valence-corrected chi connectivity index (χ0v) is 16.8. The summed E-state index contributed by atoms with van der Waals surface area (Å²) in [6.45, 7) is 6.33. The fraction of sp³-hybridized carbons (Fsp3) is 0.286. The van der Waals surface area contributed by atoms with Crippen molar-refractivity contribution in [2.75, 3.05) is 6.54 Å². The van der Waals surface area contributed by atoms with Crippen LogP contribution in [-0.2, 0) is 11.3 Å². The van der Waals surface area contributed by atoms with Crippen molar-refractivity contribution in [3.8, 4) is 17.1 Å². The Morgan fingerprint density at radius 2 is 2.00 bits per heavy atom. The van der Waals surface area contributed by atoms with Crippen molar-refractivity contribution in [3.05, 3.63) is 65.0 Å². The minimum Gasteiger partial charge on any atom is -0.481 e. The number of rotatable bonds is 7. The second-order valence-corrected chi connectivity index (χ2v) is 6.88. The van der Waals surface area contributed by atoms with Crippen molar-refractivity contribution in [2.24, 2.45) is 0 Å². The predicted molar refractivity (Wildman–Crippen MR) is 107 cm³/mol. The van der Waals surface area contributed by atoms with Crippen molar-refractivity contribution in [2.45, 2.75) is 33.4 Å². The summed E-state index contributed by atoms with van der Waals surface area (Å²) >= 11 is 5.90. The number of amides is 1. The number of nitrogens with zero attached hydrogens (tertiary/aromatic N) is 3. The molecule has 0 aliphatic rings. The van der Waals surface area contributed by atoms with Gasteiger partial charge in [0.1, 0.15) is 12.3 Å². The van der Waals surface area contributed by atoms with Crippen LogP contribution in [0.15, 0.2) is 53.1 Å². The molecule has 0 unspecified atom stereocenters. The van der Waals surface area contributed by atoms with Crippen LogP contribution in [0.1, 0.15) is 25.3 Å². The summed E-state index contributed by atoms with van der Waals surface area (Å²) < 4.78 is 11.1. The molecule has 0 aliphatic heterocycles. The molecule has 0 N–H and O–H groups in total. The van der Waals surface area contributed by atoms with Gasteiger partial charge in [-0.05, 0) is 62.7 Å². The Labute approximate surface area is 169 Å². The van der Waals surface area contributed by atoms with Crippen molar-refractivity contribution in [1.29, 1.82) is 0 Å². The SMILES string of the molecule is CCN(Cc1nc(-c2ccc(Cl)cc2)no1)C(=O)[C@@H](C)Oc1cccc(C)c1. The molecule has 1 atom stereocenters. The molecule has 0 aliphatic carbocycles. The number of ether oxygens (including phenoxy) is 1. The highest BCUT2D eigenvalue weighted by atomic mass is 35.5. The molecule has 3 rings (SSSR count). The van der Waals surface area contributed by atoms with Gasteiger partial charge in [0, 0.05) is 17.1 Å². The standard InChI is InChI=1S/C21H22ClN3O3/c1-4-25(21(26)15(3)27-18-7-5-6-14(2)12-18)13-19-23-20(24-28-19)16-8-10-17(22)11-9-16/h5-12,15H,4,13H2,1-3H3/t15-/m1/s1. The lowest BCUT2D eigenvalue weighted by Gasteiger charge is -2.23. The lowest BCUT2D eigenvalue weighted by Crippen LogP contribution is -2.40. The van der Waals surface area contributed by atoms with Gasteiger partial charge in [0.25, 0.3) is 5.91 Å². The normalized spacial score (nSPS) is 11.9. The Morgan fingerprint density at radius 1 is 1.25 bits per heavy atom. The Kier molecular flexibility index (Phi) is 6.31. The second-order valence-electron chi connectivity index (χ2n) is 6.45. The molecule has 0 radical (unpaired) electrons. The molecule has 1 aromatic heterocycles. The van der Waals surface area contributed by atoms with Crippen molar-refractivity contribution in [3.63, 3.8) is 0 Å². The first-order chi connectivity index (χ1) is 13.5. The van der Waals surface area contributed by atoms with Crippen LogP contribution in [0.4, 0.5) is 0 Å². The molecule has 0 fully saturated rings. The first-order valence-electron chi connectivity index (χ1n) is 9.07. The number of aromatic nitrogens is 2. The van der Waals surface area contributed by atoms with Crippen LogP contribution in [0.25, 0.3) is 11.4 Å². The van der Waals surface area contributed by atoms with Crippen LogP contribution in [0, 0.1) is 6.92 Å². The number of aryl methyl sites for hydroxylation is 1. The molecule has 3 aromatic rings. The van der Waals surface area contributed by atoms with E-state index in [0.29, 0.717) is 29.0 Å². The highest BCUT2D eigenvalue weighted by Crippen LogP contribution is 2.20. The Hall–Kier alpha value is -2.86. The van der Waals surface area contributed by atoms with Crippen LogP contribution >= 0.6 is 11.6 Å². The fourth-order valence-corrected chi connectivity index (χ4v) is 2.87. The summed E-state index contributed by atoms with van der Waals surface area (Å²) in [6, 6.07) is 14.8. The van der Waals surface area contributed by atoms with Crippen LogP contribution in [0.3, 0.4) is 0 Å². The Balaban J connectivity index is 1.66. The zero-order valence-electron chi connectivity index (χ0n) is 16.1. The minimum atomic E-state index is -0.625. The zero-order chi connectivity index (χ0) is 20.1. The topological polar surface area (TPSA) is 68.5 Å². The summed E-state index contributed by atoms with van der Waals surface area (Å²) in [6.07, 6.45) is -0.625. The molecule has 7 heteroatoms. The number of hydrogen-bond donors (Lipinski definition) is 0. The third-order valence-corrected chi connectivity index (χ3v) is 4.49. The number of likely N-dealkylation sites (N-methyl/N-ethyl adjacent to an activating group) is 1. The van der Waals surface area contributed by atoms with E-state index in [2.05, 4.69) is 10.1 Å². The quantitative estimate of drug-likeness (QED) is 0.584. The van der Waals surface area contributed by atoms with Gasteiger partial charge in [-0.3, -0.25) is 4.79 Å². The maximum Gasteiger partial charge on any atom is 0.263 e. The predicted octanol–water partition coefficient (Wildman–Crippen LogP) is 4.51. The van der Waals surface area contributed by atoms with E-state index in [1.54, 1.807) is 24.0 Å². The molecular formula is C21H22ClN3O3. The molecule has 0 bridgehead atoms. The Bertz CT molecular complexity index is 940. The molecule has 0 saturated heterocycles. The monoisotopic (exact) mass is 399 g/mol. The summed E-state index contributed by atoms with van der Waals surface area (Å²) in [4.78, 5) is 18.8. The van der Waals surface area contributed by atoms with Gasteiger partial charge in [0.15, 0.2) is 6.10 Å². The van der Waals surface area contributed by atoms with E-state index < -0.39 is 6.10 Å². The van der Waals surface area contributed by atoms with Gasteiger partial charge < -0.3 is 14.2 Å². The van der Waals surface area contributed by atoms with E-state index in [-0.39, 0.29) is 12.5 Å². The third kappa shape index (κ3) is 4.89. The molecular weight excluding hydrogens is 378 g/mol. The molecule has 0 saturated carbocycles. The van der Waals surface area contributed by atoms with Gasteiger partial charge in [0.05, 0.1) is 0 Å². The van der Waals surface area contributed by atoms with E-state index in [0.717, 1.165) is 11.1 Å². The number of benzene rings is 2. The van der Waals surface area contributed by atoms with Gasteiger partial charge in [-0.15, -0.1) is 0 Å². The fourth-order valence-electron chi connectivity index (χ4n) is 2.74. The molecule has 6 nitrogen and oxygen atoms in total. The highest BCUT2D eigenvalue weighted by molar-refractivity contribution is 6.30. The summed E-state index contributed by atoms with van der Waals surface area (Å²) in [5.74, 6) is 1.34. The highest BCUT2D eigenvalue weighted by Gasteiger charge is 2.23. The van der Waals surface area contributed by atoms with Gasteiger partial charge in [-0.2, -0.15) is 4.98 Å². The lowest BCUT2D eigenvalue weighted by molar-refractivity contribution is -0.138. The van der Waals surface area contributed by atoms with E-state index in [9.17, 15) is 4.79 Å². The molecule has 1 heterocycles. The van der Waals surface area contributed by atoms with Gasteiger partial charge in [-0.1, -0.05) is 28.9 Å². The Morgan fingerprint density at radius 3 is 2.68 bits per heavy atom. The summed E-state index contributed by atoms with van der Waals surface area (Å²) in [5.41, 5.74) is 1.87. The maximum atomic E-state index is 12.8. The first kappa shape index (κ1) is 19.9. The van der Waals surface area contributed by atoms with E-state index in [1.165, 1.54) is 0 Å². The van der Waals surface area contributed by atoms with E-state index in [1.807, 2.05) is 50.2 Å². The second kappa shape index (κ2) is 8.89. The van der Waals surface area contributed by atoms with Crippen molar-refractivity contribution >= 4 is 17.5 Å². The average Bonchev–Trinajstić information content (AvgIpc) is 3.14. The number of carbonyl (C=O) groups excluding carboxylic acids is 1. The van der Waals surface area contributed by atoms with Gasteiger partial charge >= 0.3 is 0 Å². The van der Waals surface area contributed by atoms with E-state index in [4.69, 9.17) is 20.9 Å². The molecule has 28 heavy (non-hydrogen) atoms. The molecule has 0 spiro atoms. The van der Waals surface area contributed by atoms with Gasteiger partial charge in [-0.25, -0.2) is 0 Å². The summed E-state index contributed by atoms with van der Waals surface area (Å²) in [5, 5.41) is 4.62. The van der Waals surface area contributed by atoms with Crippen LogP contribution < -0.4 is 4.74 Å². The van der Waals surface area contributed by atoms with Gasteiger partial charge in [0.2, 0.25) is 11.7 Å². The summed E-state index contributed by atoms with van der Waals surface area (Å²) in [7, 11) is 0. The van der Waals surface area contributed by atoms with Crippen LogP contribution in [0.2, 0.25) is 5.02 Å². The van der Waals surface area contributed by atoms with Crippen molar-refractivity contribution < 1.29 is 14.1 Å². The smallest absolute Gasteiger partial charge is 0.263 e. The minimum absolute atomic E-state index is 0.143. The molecule has 146 valence electrons. The first-order valence-corrected chi connectivity index (χ1v) is 9.44. The largest absolute Gasteiger partial charge is 0.481 e. The van der Waals surface area contributed by atoms with Crippen molar-refractivity contribution in [1.82, 2.24) is 15.0 Å². The number of carbonyl (C=O) groups is 1. The number of halogens is 1. The molecule has 2 aromatic carbocycles. The molecule has 1 amide bonds. The third-order valence-electron chi connectivity index (χ3n) is 4.24. The van der Waals surface area contributed by atoms with E-state index >= 15 is 0 Å². The van der Waals surface area contributed by atoms with Crippen LogP contribution in [0.5, 0.6) is 5.75 Å². The average molecular weight is 400 g/mol. The lowest BCUT2D eigenvalue weighted by atomic mass is 10.2. The number of hydrogen-bond acceptors (Lipinski definition) is 5. The maximum absolute atomic E-state index is 12.8.